The second kappa shape index (κ2) is 10.3. The number of rotatable bonds is 6. The van der Waals surface area contributed by atoms with Gasteiger partial charge in [0.05, 0.1) is 5.75 Å². The largest absolute Gasteiger partial charge is 0.332 e. The van der Waals surface area contributed by atoms with Gasteiger partial charge in [-0.25, -0.2) is 0 Å². The third-order valence-electron chi connectivity index (χ3n) is 4.44. The lowest BCUT2D eigenvalue weighted by atomic mass is 10.1. The second-order valence-corrected chi connectivity index (χ2v) is 8.59. The maximum absolute atomic E-state index is 12.4. The fourth-order valence-electron chi connectivity index (χ4n) is 2.80. The lowest BCUT2D eigenvalue weighted by Gasteiger charge is -2.12. The van der Waals surface area contributed by atoms with Crippen molar-refractivity contribution in [3.8, 4) is 0 Å². The van der Waals surface area contributed by atoms with Crippen LogP contribution in [0.25, 0.3) is 0 Å². The zero-order valence-electron chi connectivity index (χ0n) is 17.3. The minimum absolute atomic E-state index is 0.0244. The molecule has 3 N–H and O–H groups in total. The molecule has 30 heavy (non-hydrogen) atoms. The van der Waals surface area contributed by atoms with Gasteiger partial charge in [-0.15, -0.1) is 11.8 Å². The third kappa shape index (κ3) is 6.61. The summed E-state index contributed by atoms with van der Waals surface area (Å²) in [7, 11) is 0. The van der Waals surface area contributed by atoms with Crippen LogP contribution in [-0.4, -0.2) is 16.8 Å². The van der Waals surface area contributed by atoms with Gasteiger partial charge in [0.2, 0.25) is 5.91 Å². The molecule has 0 heterocycles. The van der Waals surface area contributed by atoms with Gasteiger partial charge in [-0.2, -0.15) is 0 Å². The second-order valence-electron chi connectivity index (χ2n) is 7.13. The fourth-order valence-corrected chi connectivity index (χ4v) is 3.79. The summed E-state index contributed by atoms with van der Waals surface area (Å²) < 4.78 is 0. The molecule has 0 bridgehead atoms. The van der Waals surface area contributed by atoms with Crippen LogP contribution < -0.4 is 16.0 Å². The van der Waals surface area contributed by atoms with Crippen LogP contribution in [0.4, 0.5) is 17.1 Å². The molecule has 4 nitrogen and oxygen atoms in total. The van der Waals surface area contributed by atoms with Crippen molar-refractivity contribution in [3.05, 3.63) is 83.4 Å². The van der Waals surface area contributed by atoms with Crippen molar-refractivity contribution < 1.29 is 4.79 Å². The number of carbonyl (C=O) groups is 1. The Morgan fingerprint density at radius 3 is 2.30 bits per heavy atom. The van der Waals surface area contributed by atoms with Crippen LogP contribution in [-0.2, 0) is 4.79 Å². The van der Waals surface area contributed by atoms with Gasteiger partial charge in [0, 0.05) is 22.0 Å². The maximum Gasteiger partial charge on any atom is 0.234 e. The SMILES string of the molecule is Cc1ccc(NC(=S)Nc2cccc(SCC(=O)Nc3cc(C)ccc3C)c2)cc1. The summed E-state index contributed by atoms with van der Waals surface area (Å²) in [6.45, 7) is 6.05. The molecule has 0 atom stereocenters. The van der Waals surface area contributed by atoms with E-state index in [1.54, 1.807) is 0 Å². The van der Waals surface area contributed by atoms with Crippen molar-refractivity contribution in [2.24, 2.45) is 0 Å². The van der Waals surface area contributed by atoms with Gasteiger partial charge in [0.15, 0.2) is 5.11 Å². The van der Waals surface area contributed by atoms with Crippen LogP contribution in [0.1, 0.15) is 16.7 Å². The van der Waals surface area contributed by atoms with Crippen molar-refractivity contribution >= 4 is 52.1 Å². The van der Waals surface area contributed by atoms with Crippen LogP contribution in [0.3, 0.4) is 0 Å². The molecule has 0 aliphatic rings. The van der Waals surface area contributed by atoms with Crippen molar-refractivity contribution in [2.75, 3.05) is 21.7 Å². The van der Waals surface area contributed by atoms with E-state index >= 15 is 0 Å². The number of thiocarbonyl (C=S) groups is 1. The predicted octanol–water partition coefficient (Wildman–Crippen LogP) is 6.15. The molecular weight excluding hydrogens is 410 g/mol. The zero-order valence-corrected chi connectivity index (χ0v) is 18.9. The minimum Gasteiger partial charge on any atom is -0.332 e. The van der Waals surface area contributed by atoms with E-state index in [0.29, 0.717) is 10.9 Å². The standard InChI is InChI=1S/C24H25N3OS2/c1-16-8-11-19(12-9-16)25-24(29)26-20-5-4-6-21(14-20)30-15-23(28)27-22-13-17(2)7-10-18(22)3/h4-14H,15H2,1-3H3,(H,27,28)(H2,25,26,29). The number of benzene rings is 3. The van der Waals surface area contributed by atoms with E-state index < -0.39 is 0 Å². The molecule has 0 radical (unpaired) electrons. The maximum atomic E-state index is 12.4. The number of anilines is 3. The third-order valence-corrected chi connectivity index (χ3v) is 5.64. The molecule has 3 rings (SSSR count). The molecule has 6 heteroatoms. The van der Waals surface area contributed by atoms with Crippen LogP contribution in [0.5, 0.6) is 0 Å². The molecule has 0 fully saturated rings. The van der Waals surface area contributed by atoms with Gasteiger partial charge >= 0.3 is 0 Å². The summed E-state index contributed by atoms with van der Waals surface area (Å²) in [5, 5.41) is 9.88. The predicted molar refractivity (Wildman–Crippen MR) is 133 cm³/mol. The average molecular weight is 436 g/mol. The van der Waals surface area contributed by atoms with Gasteiger partial charge in [0.25, 0.3) is 0 Å². The molecule has 0 aliphatic heterocycles. The summed E-state index contributed by atoms with van der Waals surface area (Å²) in [5.41, 5.74) is 6.05. The first-order chi connectivity index (χ1) is 14.4. The van der Waals surface area contributed by atoms with Crippen molar-refractivity contribution in [1.82, 2.24) is 0 Å². The summed E-state index contributed by atoms with van der Waals surface area (Å²) in [6, 6.07) is 22.0. The zero-order chi connectivity index (χ0) is 21.5. The van der Waals surface area contributed by atoms with Crippen LogP contribution >= 0.6 is 24.0 Å². The fraction of sp³-hybridized carbons (Fsp3) is 0.167. The normalized spacial score (nSPS) is 10.4. The highest BCUT2D eigenvalue weighted by Gasteiger charge is 2.07. The highest BCUT2D eigenvalue weighted by Crippen LogP contribution is 2.23. The van der Waals surface area contributed by atoms with E-state index in [2.05, 4.69) is 16.0 Å². The van der Waals surface area contributed by atoms with E-state index in [1.807, 2.05) is 87.5 Å². The number of aryl methyl sites for hydroxylation is 3. The molecule has 3 aromatic rings. The van der Waals surface area contributed by atoms with Crippen LogP contribution in [0.2, 0.25) is 0 Å². The number of hydrogen-bond acceptors (Lipinski definition) is 3. The van der Waals surface area contributed by atoms with Gasteiger partial charge in [-0.3, -0.25) is 4.79 Å². The highest BCUT2D eigenvalue weighted by molar-refractivity contribution is 8.00. The Hall–Kier alpha value is -2.83. The topological polar surface area (TPSA) is 53.2 Å². The molecule has 0 aromatic heterocycles. The first kappa shape index (κ1) is 21.9. The summed E-state index contributed by atoms with van der Waals surface area (Å²) in [6.07, 6.45) is 0. The Morgan fingerprint density at radius 2 is 1.53 bits per heavy atom. The monoisotopic (exact) mass is 435 g/mol. The molecule has 154 valence electrons. The molecule has 0 unspecified atom stereocenters. The number of amides is 1. The molecule has 0 spiro atoms. The molecule has 3 aromatic carbocycles. The lowest BCUT2D eigenvalue weighted by molar-refractivity contribution is -0.113. The first-order valence-electron chi connectivity index (χ1n) is 9.64. The smallest absolute Gasteiger partial charge is 0.234 e. The van der Waals surface area contributed by atoms with Crippen LogP contribution in [0.15, 0.2) is 71.6 Å². The van der Waals surface area contributed by atoms with E-state index in [1.165, 1.54) is 17.3 Å². The van der Waals surface area contributed by atoms with Gasteiger partial charge < -0.3 is 16.0 Å². The number of thioether (sulfide) groups is 1. The van der Waals surface area contributed by atoms with E-state index in [0.717, 1.165) is 33.1 Å². The Kier molecular flexibility index (Phi) is 7.49. The van der Waals surface area contributed by atoms with Gasteiger partial charge in [-0.1, -0.05) is 35.9 Å². The average Bonchev–Trinajstić information content (AvgIpc) is 2.71. The van der Waals surface area contributed by atoms with Gasteiger partial charge in [-0.05, 0) is 80.5 Å². The lowest BCUT2D eigenvalue weighted by Crippen LogP contribution is -2.19. The Bertz CT molecular complexity index is 1050. The molecular formula is C24H25N3OS2. The first-order valence-corrected chi connectivity index (χ1v) is 11.0. The molecule has 0 aliphatic carbocycles. The van der Waals surface area contributed by atoms with Crippen LogP contribution in [0, 0.1) is 20.8 Å². The summed E-state index contributed by atoms with van der Waals surface area (Å²) >= 11 is 6.89. The number of nitrogens with one attached hydrogen (secondary N) is 3. The van der Waals surface area contributed by atoms with E-state index in [-0.39, 0.29) is 5.91 Å². The quantitative estimate of drug-likeness (QED) is 0.320. The summed E-state index contributed by atoms with van der Waals surface area (Å²) in [5.74, 6) is 0.312. The molecule has 1 amide bonds. The Labute approximate surface area is 187 Å². The van der Waals surface area contributed by atoms with Crippen molar-refractivity contribution in [2.45, 2.75) is 25.7 Å². The van der Waals surface area contributed by atoms with E-state index in [9.17, 15) is 4.79 Å². The molecule has 0 saturated heterocycles. The molecule has 0 saturated carbocycles. The number of hydrogen-bond donors (Lipinski definition) is 3. The minimum atomic E-state index is -0.0244. The Balaban J connectivity index is 1.53. The van der Waals surface area contributed by atoms with Gasteiger partial charge in [0.1, 0.15) is 0 Å². The van der Waals surface area contributed by atoms with E-state index in [4.69, 9.17) is 12.2 Å². The Morgan fingerprint density at radius 1 is 0.833 bits per heavy atom. The van der Waals surface area contributed by atoms with Crippen molar-refractivity contribution in [3.63, 3.8) is 0 Å². The summed E-state index contributed by atoms with van der Waals surface area (Å²) in [4.78, 5) is 13.4. The number of carbonyl (C=O) groups excluding carboxylic acids is 1. The van der Waals surface area contributed by atoms with Crippen molar-refractivity contribution in [1.29, 1.82) is 0 Å². The highest BCUT2D eigenvalue weighted by atomic mass is 32.2.